The molecule has 0 saturated carbocycles. The number of pyridine rings is 1. The average Bonchev–Trinajstić information content (AvgIpc) is 3.91. The summed E-state index contributed by atoms with van der Waals surface area (Å²) in [5.41, 5.74) is 5.73. The van der Waals surface area contributed by atoms with Crippen LogP contribution < -0.4 is 15.4 Å². The van der Waals surface area contributed by atoms with Crippen molar-refractivity contribution in [3.63, 3.8) is 0 Å². The molecule has 0 radical (unpaired) electrons. The summed E-state index contributed by atoms with van der Waals surface area (Å²) >= 11 is 0. The minimum Gasteiger partial charge on any atom is -0.493 e. The zero-order chi connectivity index (χ0) is 43.8. The number of imidazole rings is 2. The number of fused-ring (bicyclic) bond motifs is 2. The van der Waals surface area contributed by atoms with Crippen LogP contribution >= 0.6 is 0 Å². The fourth-order valence-corrected chi connectivity index (χ4v) is 6.82. The third kappa shape index (κ3) is 11.7. The van der Waals surface area contributed by atoms with Crippen LogP contribution in [0.3, 0.4) is 0 Å². The molecule has 0 saturated heterocycles. The first kappa shape index (κ1) is 43.6. The first-order chi connectivity index (χ1) is 30.9. The smallest absolute Gasteiger partial charge is 0.275 e. The third-order valence-corrected chi connectivity index (χ3v) is 10.1. The summed E-state index contributed by atoms with van der Waals surface area (Å²) in [5, 5.41) is 5.66. The number of carbonyl (C=O) groups excluding carboxylic acids is 2. The van der Waals surface area contributed by atoms with E-state index in [1.165, 1.54) is 50.5 Å². The van der Waals surface area contributed by atoms with Gasteiger partial charge in [0.1, 0.15) is 29.8 Å². The Morgan fingerprint density at radius 3 is 1.57 bits per heavy atom. The molecule has 63 heavy (non-hydrogen) atoms. The lowest BCUT2D eigenvalue weighted by Crippen LogP contribution is -2.20. The standard InChI is InChI=1S/C49H51N11O3/c1-4-7-10-12-14-18-35-20-16-22-37(25-35)29-59-33-54-42-44(50-31-52-46(42)59)57-48(61)40-27-39(63-24-9-6-3)28-41(56-40)49(62)58-45-43-47(53-32-51-45)60(34-55-43)30-38-23-17-21-36(26-38)19-15-13-11-8-5-2/h16-17,20-23,25-28,31-34H,4-13,24,29-30H2,1-3H3,(H,50,52,57,61)(H,51,53,58,62). The van der Waals surface area contributed by atoms with Gasteiger partial charge in [0.25, 0.3) is 11.8 Å². The molecule has 0 unspecified atom stereocenters. The lowest BCUT2D eigenvalue weighted by atomic mass is 10.1. The van der Waals surface area contributed by atoms with E-state index in [2.05, 4.69) is 95.2 Å². The van der Waals surface area contributed by atoms with Gasteiger partial charge in [0.2, 0.25) is 0 Å². The molecule has 5 heterocycles. The number of unbranched alkanes of at least 4 members (excludes halogenated alkanes) is 7. The van der Waals surface area contributed by atoms with Crippen molar-refractivity contribution in [2.75, 3.05) is 17.2 Å². The van der Waals surface area contributed by atoms with Gasteiger partial charge in [-0.25, -0.2) is 34.9 Å². The fraction of sp³-hybridized carbons (Fsp3) is 0.327. The highest BCUT2D eigenvalue weighted by Gasteiger charge is 2.21. The summed E-state index contributed by atoms with van der Waals surface area (Å²) in [4.78, 5) is 59.0. The van der Waals surface area contributed by atoms with Crippen molar-refractivity contribution in [2.24, 2.45) is 0 Å². The third-order valence-electron chi connectivity index (χ3n) is 10.1. The van der Waals surface area contributed by atoms with Crippen LogP contribution in [-0.2, 0) is 13.1 Å². The normalized spacial score (nSPS) is 10.8. The Balaban J connectivity index is 1.07. The highest BCUT2D eigenvalue weighted by Crippen LogP contribution is 2.23. The molecule has 0 atom stereocenters. The van der Waals surface area contributed by atoms with Gasteiger partial charge in [-0.2, -0.15) is 0 Å². The van der Waals surface area contributed by atoms with Gasteiger partial charge in [-0.1, -0.05) is 101 Å². The highest BCUT2D eigenvalue weighted by molar-refractivity contribution is 6.09. The van der Waals surface area contributed by atoms with Crippen LogP contribution in [0.2, 0.25) is 0 Å². The zero-order valence-corrected chi connectivity index (χ0v) is 36.0. The van der Waals surface area contributed by atoms with Crippen molar-refractivity contribution in [3.8, 4) is 29.4 Å². The van der Waals surface area contributed by atoms with Gasteiger partial charge < -0.3 is 24.5 Å². The minimum atomic E-state index is -0.612. The molecule has 0 aliphatic carbocycles. The molecule has 7 rings (SSSR count). The zero-order valence-electron chi connectivity index (χ0n) is 36.0. The average molecular weight is 842 g/mol. The largest absolute Gasteiger partial charge is 0.493 e. The molecule has 0 fully saturated rings. The topological polar surface area (TPSA) is 168 Å². The first-order valence-corrected chi connectivity index (χ1v) is 21.7. The number of anilines is 2. The van der Waals surface area contributed by atoms with E-state index in [0.717, 1.165) is 60.8 Å². The van der Waals surface area contributed by atoms with Crippen molar-refractivity contribution < 1.29 is 14.3 Å². The second kappa shape index (κ2) is 21.9. The number of amides is 2. The number of ether oxygens (including phenoxy) is 1. The molecule has 0 bridgehead atoms. The maximum Gasteiger partial charge on any atom is 0.275 e. The van der Waals surface area contributed by atoms with E-state index in [0.29, 0.717) is 47.8 Å². The van der Waals surface area contributed by atoms with Crippen LogP contribution in [-0.4, -0.2) is 62.4 Å². The number of aromatic nitrogens is 9. The van der Waals surface area contributed by atoms with Gasteiger partial charge in [-0.05, 0) is 54.7 Å². The van der Waals surface area contributed by atoms with Crippen molar-refractivity contribution in [2.45, 2.75) is 98.1 Å². The van der Waals surface area contributed by atoms with E-state index in [1.807, 2.05) is 52.5 Å². The Morgan fingerprint density at radius 2 is 1.10 bits per heavy atom. The SMILES string of the molecule is CCCCCC#Cc1cccc(Cn2cnc3c(NC(=O)c4cc(OCCCC)cc(C(=O)Nc5ncnc6c5ncn6Cc5cccc(C#CCCCCC)c5)n4)ncnc32)c1. The summed E-state index contributed by atoms with van der Waals surface area (Å²) in [6, 6.07) is 19.2. The molecular formula is C49H51N11O3. The second-order valence-corrected chi connectivity index (χ2v) is 15.1. The van der Waals surface area contributed by atoms with Crippen LogP contribution in [0.25, 0.3) is 22.3 Å². The second-order valence-electron chi connectivity index (χ2n) is 15.1. The van der Waals surface area contributed by atoms with Gasteiger partial charge in [0.05, 0.1) is 32.4 Å². The Labute approximate surface area is 367 Å². The van der Waals surface area contributed by atoms with Crippen molar-refractivity contribution in [1.29, 1.82) is 0 Å². The molecule has 0 spiro atoms. The summed E-state index contributed by atoms with van der Waals surface area (Å²) in [5.74, 6) is 12.6. The van der Waals surface area contributed by atoms with Gasteiger partial charge in [0.15, 0.2) is 34.0 Å². The van der Waals surface area contributed by atoms with Crippen LogP contribution in [0.4, 0.5) is 11.6 Å². The van der Waals surface area contributed by atoms with Gasteiger partial charge in [-0.3, -0.25) is 9.59 Å². The van der Waals surface area contributed by atoms with Crippen molar-refractivity contribution in [1.82, 2.24) is 44.0 Å². The summed E-state index contributed by atoms with van der Waals surface area (Å²) in [6.07, 6.45) is 16.4. The lowest BCUT2D eigenvalue weighted by Gasteiger charge is -2.11. The van der Waals surface area contributed by atoms with Crippen LogP contribution in [0.15, 0.2) is 86.0 Å². The molecule has 2 N–H and O–H groups in total. The van der Waals surface area contributed by atoms with Crippen LogP contribution in [0.5, 0.6) is 5.75 Å². The minimum absolute atomic E-state index is 0.0575. The Bertz CT molecular complexity index is 2640. The van der Waals surface area contributed by atoms with E-state index < -0.39 is 11.8 Å². The molecule has 2 amide bonds. The van der Waals surface area contributed by atoms with Crippen molar-refractivity contribution >= 4 is 45.8 Å². The summed E-state index contributed by atoms with van der Waals surface area (Å²) in [6.45, 7) is 7.78. The monoisotopic (exact) mass is 841 g/mol. The Hall–Kier alpha value is -7.45. The molecule has 2 aromatic carbocycles. The lowest BCUT2D eigenvalue weighted by molar-refractivity contribution is 0.101. The Kier molecular flexibility index (Phi) is 15.2. The molecule has 0 aliphatic rings. The molecule has 14 nitrogen and oxygen atoms in total. The van der Waals surface area contributed by atoms with Gasteiger partial charge >= 0.3 is 0 Å². The number of rotatable bonds is 18. The summed E-state index contributed by atoms with van der Waals surface area (Å²) < 4.78 is 9.76. The van der Waals surface area contributed by atoms with Gasteiger partial charge in [0, 0.05) is 36.1 Å². The van der Waals surface area contributed by atoms with E-state index in [4.69, 9.17) is 4.74 Å². The number of benzene rings is 2. The van der Waals surface area contributed by atoms with Crippen LogP contribution in [0.1, 0.15) is 128 Å². The predicted octanol–water partition coefficient (Wildman–Crippen LogP) is 9.00. The number of hydrogen-bond acceptors (Lipinski definition) is 10. The highest BCUT2D eigenvalue weighted by atomic mass is 16.5. The number of hydrogen-bond donors (Lipinski definition) is 2. The van der Waals surface area contributed by atoms with E-state index in [9.17, 15) is 9.59 Å². The van der Waals surface area contributed by atoms with E-state index >= 15 is 0 Å². The fourth-order valence-electron chi connectivity index (χ4n) is 6.82. The molecule has 320 valence electrons. The quantitative estimate of drug-likeness (QED) is 0.0629. The first-order valence-electron chi connectivity index (χ1n) is 21.7. The summed E-state index contributed by atoms with van der Waals surface area (Å²) in [7, 11) is 0. The van der Waals surface area contributed by atoms with E-state index in [-0.39, 0.29) is 23.0 Å². The van der Waals surface area contributed by atoms with Gasteiger partial charge in [-0.15, -0.1) is 0 Å². The molecule has 0 aliphatic heterocycles. The maximum absolute atomic E-state index is 13.9. The Morgan fingerprint density at radius 1 is 0.603 bits per heavy atom. The number of nitrogens with zero attached hydrogens (tertiary/aromatic N) is 9. The van der Waals surface area contributed by atoms with Crippen molar-refractivity contribution in [3.05, 3.63) is 120 Å². The van der Waals surface area contributed by atoms with Crippen LogP contribution in [0, 0.1) is 23.7 Å². The molecular weight excluding hydrogens is 791 g/mol. The molecule has 5 aromatic heterocycles. The number of carbonyl (C=O) groups is 2. The molecule has 7 aromatic rings. The maximum atomic E-state index is 13.9. The molecule has 14 heteroatoms. The number of nitrogens with one attached hydrogen (secondary N) is 2. The van der Waals surface area contributed by atoms with E-state index in [1.54, 1.807) is 12.7 Å². The predicted molar refractivity (Wildman–Crippen MR) is 244 cm³/mol.